The first-order valence-corrected chi connectivity index (χ1v) is 6.13. The molecule has 8 nitrogen and oxygen atoms in total. The van der Waals surface area contributed by atoms with Crippen LogP contribution in [0, 0.1) is 0 Å². The summed E-state index contributed by atoms with van der Waals surface area (Å²) in [6.45, 7) is 1.00. The van der Waals surface area contributed by atoms with Gasteiger partial charge >= 0.3 is 12.0 Å². The minimum absolute atomic E-state index is 0.0513. The Morgan fingerprint density at radius 1 is 1.58 bits per heavy atom. The van der Waals surface area contributed by atoms with Crippen molar-refractivity contribution in [3.05, 3.63) is 0 Å². The van der Waals surface area contributed by atoms with E-state index < -0.39 is 18.0 Å². The molecule has 0 saturated carbocycles. The maximum atomic E-state index is 12.1. The summed E-state index contributed by atoms with van der Waals surface area (Å²) in [6, 6.07) is -1.43. The van der Waals surface area contributed by atoms with Crippen LogP contribution in [0.3, 0.4) is 0 Å². The third-order valence-electron chi connectivity index (χ3n) is 2.96. The topological polar surface area (TPSA) is 102 Å². The van der Waals surface area contributed by atoms with E-state index in [0.717, 1.165) is 17.9 Å². The normalized spacial score (nSPS) is 18.9. The summed E-state index contributed by atoms with van der Waals surface area (Å²) in [5.74, 6) is -1.45. The maximum absolute atomic E-state index is 12.1. The van der Waals surface area contributed by atoms with Crippen LogP contribution in [0.5, 0.6) is 0 Å². The summed E-state index contributed by atoms with van der Waals surface area (Å²) < 4.78 is 0. The first-order valence-electron chi connectivity index (χ1n) is 6.13. The number of urea groups is 1. The zero-order chi connectivity index (χ0) is 14.4. The van der Waals surface area contributed by atoms with Crippen molar-refractivity contribution < 1.29 is 19.5 Å². The fraction of sp³-hybridized carbons (Fsp3) is 0.727. The monoisotopic (exact) mass is 272 g/mol. The number of nitrogens with zero attached hydrogens (tertiary/aromatic N) is 2. The van der Waals surface area contributed by atoms with Gasteiger partial charge in [-0.3, -0.25) is 9.69 Å². The van der Waals surface area contributed by atoms with E-state index in [1.165, 1.54) is 4.90 Å². The number of hydrogen-bond acceptors (Lipinski definition) is 4. The van der Waals surface area contributed by atoms with Gasteiger partial charge in [0.1, 0.15) is 12.6 Å². The molecule has 3 N–H and O–H groups in total. The lowest BCUT2D eigenvalue weighted by Gasteiger charge is -2.35. The molecular formula is C11H20N4O4. The highest BCUT2D eigenvalue weighted by Crippen LogP contribution is 2.08. The first kappa shape index (κ1) is 15.2. The molecule has 1 saturated heterocycles. The lowest BCUT2D eigenvalue weighted by atomic mass is 10.2. The van der Waals surface area contributed by atoms with Crippen LogP contribution in [0.4, 0.5) is 4.79 Å². The summed E-state index contributed by atoms with van der Waals surface area (Å²) in [5, 5.41) is 14.5. The van der Waals surface area contributed by atoms with Crippen LogP contribution in [-0.2, 0) is 9.59 Å². The van der Waals surface area contributed by atoms with Crippen molar-refractivity contribution in [1.82, 2.24) is 20.4 Å². The molecule has 1 atom stereocenters. The van der Waals surface area contributed by atoms with E-state index in [-0.39, 0.29) is 19.0 Å². The molecule has 3 amide bonds. The molecule has 1 heterocycles. The van der Waals surface area contributed by atoms with E-state index in [0.29, 0.717) is 6.54 Å². The summed E-state index contributed by atoms with van der Waals surface area (Å²) in [4.78, 5) is 37.1. The van der Waals surface area contributed by atoms with Gasteiger partial charge in [-0.05, 0) is 20.0 Å². The molecule has 0 aliphatic carbocycles. The van der Waals surface area contributed by atoms with Crippen molar-refractivity contribution >= 4 is 17.9 Å². The van der Waals surface area contributed by atoms with Crippen LogP contribution in [0.15, 0.2) is 0 Å². The molecule has 19 heavy (non-hydrogen) atoms. The van der Waals surface area contributed by atoms with Crippen molar-refractivity contribution in [1.29, 1.82) is 0 Å². The van der Waals surface area contributed by atoms with Crippen LogP contribution in [0.1, 0.15) is 6.42 Å². The molecule has 0 aromatic carbocycles. The van der Waals surface area contributed by atoms with Gasteiger partial charge in [0.15, 0.2) is 0 Å². The number of piperazine rings is 1. The fourth-order valence-corrected chi connectivity index (χ4v) is 1.87. The van der Waals surface area contributed by atoms with Gasteiger partial charge in [-0.2, -0.15) is 0 Å². The number of aliphatic carboxylic acids is 1. The molecule has 1 rings (SSSR count). The fourth-order valence-electron chi connectivity index (χ4n) is 1.87. The standard InChI is InChI=1S/C11H20N4O4/c1-12-4-3-5-14(2)11(19)15-7-9(16)13-6-8(15)10(17)18/h8,12H,3-7H2,1-2H3,(H,13,16)(H,17,18). The van der Waals surface area contributed by atoms with Crippen molar-refractivity contribution in [2.45, 2.75) is 12.5 Å². The molecule has 1 aliphatic rings. The number of carboxylic acid groups (broad SMARTS) is 1. The molecule has 0 radical (unpaired) electrons. The Balaban J connectivity index is 2.64. The van der Waals surface area contributed by atoms with E-state index in [9.17, 15) is 14.4 Å². The third-order valence-corrected chi connectivity index (χ3v) is 2.96. The molecule has 0 aromatic heterocycles. The summed E-state index contributed by atoms with van der Waals surface area (Å²) in [6.07, 6.45) is 0.760. The SMILES string of the molecule is CNCCCN(C)C(=O)N1CC(=O)NCC1C(=O)O. The number of hydrogen-bond donors (Lipinski definition) is 3. The lowest BCUT2D eigenvalue weighted by molar-refractivity contribution is -0.144. The van der Waals surface area contributed by atoms with Gasteiger partial charge in [0, 0.05) is 20.1 Å². The van der Waals surface area contributed by atoms with Crippen molar-refractivity contribution in [2.75, 3.05) is 40.3 Å². The molecular weight excluding hydrogens is 252 g/mol. The Morgan fingerprint density at radius 2 is 2.26 bits per heavy atom. The second-order valence-corrected chi connectivity index (χ2v) is 4.45. The van der Waals surface area contributed by atoms with E-state index >= 15 is 0 Å². The van der Waals surface area contributed by atoms with Gasteiger partial charge in [0.05, 0.1) is 0 Å². The zero-order valence-electron chi connectivity index (χ0n) is 11.2. The summed E-state index contributed by atoms with van der Waals surface area (Å²) in [5.41, 5.74) is 0. The number of carbonyl (C=O) groups is 3. The van der Waals surface area contributed by atoms with Crippen LogP contribution in [0.2, 0.25) is 0 Å². The molecule has 0 bridgehead atoms. The van der Waals surface area contributed by atoms with E-state index in [2.05, 4.69) is 10.6 Å². The largest absolute Gasteiger partial charge is 0.480 e. The number of amides is 3. The highest BCUT2D eigenvalue weighted by atomic mass is 16.4. The van der Waals surface area contributed by atoms with Crippen LogP contribution < -0.4 is 10.6 Å². The summed E-state index contributed by atoms with van der Waals surface area (Å²) >= 11 is 0. The van der Waals surface area contributed by atoms with Gasteiger partial charge in [-0.25, -0.2) is 9.59 Å². The van der Waals surface area contributed by atoms with Gasteiger partial charge in [-0.15, -0.1) is 0 Å². The van der Waals surface area contributed by atoms with Crippen molar-refractivity contribution in [2.24, 2.45) is 0 Å². The van der Waals surface area contributed by atoms with Gasteiger partial charge in [0.25, 0.3) is 0 Å². The highest BCUT2D eigenvalue weighted by molar-refractivity contribution is 5.90. The Labute approximate surface area is 111 Å². The first-order chi connectivity index (χ1) is 8.97. The van der Waals surface area contributed by atoms with E-state index in [1.54, 1.807) is 7.05 Å². The van der Waals surface area contributed by atoms with E-state index in [4.69, 9.17) is 5.11 Å². The minimum atomic E-state index is -1.11. The van der Waals surface area contributed by atoms with Crippen molar-refractivity contribution in [3.63, 3.8) is 0 Å². The predicted octanol–water partition coefficient (Wildman–Crippen LogP) is -1.47. The van der Waals surface area contributed by atoms with Crippen LogP contribution >= 0.6 is 0 Å². The van der Waals surface area contributed by atoms with Crippen LogP contribution in [-0.4, -0.2) is 79.1 Å². The average molecular weight is 272 g/mol. The number of nitrogens with one attached hydrogen (secondary N) is 2. The minimum Gasteiger partial charge on any atom is -0.480 e. The highest BCUT2D eigenvalue weighted by Gasteiger charge is 2.36. The predicted molar refractivity (Wildman–Crippen MR) is 67.7 cm³/mol. The Bertz CT molecular complexity index is 361. The molecule has 108 valence electrons. The molecule has 0 spiro atoms. The van der Waals surface area contributed by atoms with Gasteiger partial charge in [0.2, 0.25) is 5.91 Å². The van der Waals surface area contributed by atoms with E-state index in [1.807, 2.05) is 7.05 Å². The number of carbonyl (C=O) groups excluding carboxylic acids is 2. The smallest absolute Gasteiger partial charge is 0.328 e. The molecule has 8 heteroatoms. The quantitative estimate of drug-likeness (QED) is 0.530. The maximum Gasteiger partial charge on any atom is 0.328 e. The van der Waals surface area contributed by atoms with Gasteiger partial charge < -0.3 is 20.6 Å². The molecule has 0 aromatic rings. The second-order valence-electron chi connectivity index (χ2n) is 4.45. The molecule has 1 aliphatic heterocycles. The number of carboxylic acids is 1. The Hall–Kier alpha value is -1.83. The molecule has 1 fully saturated rings. The second kappa shape index (κ2) is 6.93. The average Bonchev–Trinajstić information content (AvgIpc) is 2.37. The lowest BCUT2D eigenvalue weighted by Crippen LogP contribution is -2.61. The van der Waals surface area contributed by atoms with Crippen molar-refractivity contribution in [3.8, 4) is 0 Å². The summed E-state index contributed by atoms with van der Waals surface area (Å²) in [7, 11) is 3.42. The zero-order valence-corrected chi connectivity index (χ0v) is 11.2. The number of rotatable bonds is 5. The Morgan fingerprint density at radius 3 is 2.84 bits per heavy atom. The third kappa shape index (κ3) is 4.09. The Kier molecular flexibility index (Phi) is 5.56. The van der Waals surface area contributed by atoms with Gasteiger partial charge in [-0.1, -0.05) is 0 Å². The molecule has 1 unspecified atom stereocenters. The van der Waals surface area contributed by atoms with Crippen LogP contribution in [0.25, 0.3) is 0 Å².